The van der Waals surface area contributed by atoms with Gasteiger partial charge >= 0.3 is 11.9 Å². The van der Waals surface area contributed by atoms with E-state index in [0.717, 1.165) is 16.7 Å². The van der Waals surface area contributed by atoms with Crippen molar-refractivity contribution in [3.63, 3.8) is 0 Å². The average Bonchev–Trinajstić information content (AvgIpc) is 2.69. The molecule has 0 saturated carbocycles. The van der Waals surface area contributed by atoms with Crippen LogP contribution in [0.25, 0.3) is 0 Å². The molecule has 0 aliphatic heterocycles. The maximum absolute atomic E-state index is 11.8. The first-order valence-electron chi connectivity index (χ1n) is 8.68. The number of carbonyl (C=O) groups excluding carboxylic acids is 3. The molecule has 148 valence electrons. The lowest BCUT2D eigenvalue weighted by Crippen LogP contribution is -2.29. The van der Waals surface area contributed by atoms with Gasteiger partial charge in [0.15, 0.2) is 13.2 Å². The zero-order chi connectivity index (χ0) is 20.5. The molecule has 0 aromatic heterocycles. The van der Waals surface area contributed by atoms with E-state index in [9.17, 15) is 14.4 Å². The van der Waals surface area contributed by atoms with Crippen LogP contribution in [0.1, 0.15) is 27.0 Å². The standard InChI is InChI=1S/C21H23NO6/c1-14-4-9-18(15(2)10-14)27-13-20(24)28-12-19(23)22-11-16-5-7-17(8-6-16)21(25)26-3/h4-10H,11-13H2,1-3H3,(H,22,23). The summed E-state index contributed by atoms with van der Waals surface area (Å²) in [6, 6.07) is 12.3. The van der Waals surface area contributed by atoms with Crippen molar-refractivity contribution >= 4 is 17.8 Å². The molecule has 0 spiro atoms. The number of rotatable bonds is 8. The highest BCUT2D eigenvalue weighted by Crippen LogP contribution is 2.18. The van der Waals surface area contributed by atoms with Crippen LogP contribution in [0.2, 0.25) is 0 Å². The second kappa shape index (κ2) is 10.1. The predicted molar refractivity (Wildman–Crippen MR) is 102 cm³/mol. The molecule has 2 aromatic rings. The van der Waals surface area contributed by atoms with Gasteiger partial charge in [0.1, 0.15) is 5.75 Å². The molecular weight excluding hydrogens is 362 g/mol. The molecule has 1 N–H and O–H groups in total. The molecule has 0 saturated heterocycles. The van der Waals surface area contributed by atoms with Gasteiger partial charge in [-0.2, -0.15) is 0 Å². The van der Waals surface area contributed by atoms with Crippen LogP contribution in [0.5, 0.6) is 5.75 Å². The molecule has 0 atom stereocenters. The normalized spacial score (nSPS) is 10.1. The summed E-state index contributed by atoms with van der Waals surface area (Å²) >= 11 is 0. The summed E-state index contributed by atoms with van der Waals surface area (Å²) in [5.41, 5.74) is 3.24. The highest BCUT2D eigenvalue weighted by molar-refractivity contribution is 5.89. The number of esters is 2. The average molecular weight is 385 g/mol. The van der Waals surface area contributed by atoms with Gasteiger partial charge in [0, 0.05) is 6.54 Å². The third kappa shape index (κ3) is 6.42. The van der Waals surface area contributed by atoms with Crippen LogP contribution in [-0.4, -0.2) is 38.2 Å². The van der Waals surface area contributed by atoms with E-state index < -0.39 is 24.5 Å². The van der Waals surface area contributed by atoms with Gasteiger partial charge in [0.25, 0.3) is 5.91 Å². The molecule has 7 nitrogen and oxygen atoms in total. The number of amides is 1. The minimum Gasteiger partial charge on any atom is -0.482 e. The number of benzene rings is 2. The molecule has 0 radical (unpaired) electrons. The first-order valence-corrected chi connectivity index (χ1v) is 8.68. The lowest BCUT2D eigenvalue weighted by molar-refractivity contribution is -0.150. The summed E-state index contributed by atoms with van der Waals surface area (Å²) in [7, 11) is 1.31. The van der Waals surface area contributed by atoms with E-state index in [2.05, 4.69) is 10.1 Å². The Balaban J connectivity index is 1.70. The Bertz CT molecular complexity index is 844. The molecule has 28 heavy (non-hydrogen) atoms. The van der Waals surface area contributed by atoms with Gasteiger partial charge in [-0.25, -0.2) is 9.59 Å². The van der Waals surface area contributed by atoms with E-state index in [1.165, 1.54) is 7.11 Å². The zero-order valence-corrected chi connectivity index (χ0v) is 16.1. The molecule has 2 aromatic carbocycles. The summed E-state index contributed by atoms with van der Waals surface area (Å²) in [5, 5.41) is 2.63. The molecule has 0 unspecified atom stereocenters. The van der Waals surface area contributed by atoms with Crippen molar-refractivity contribution in [1.82, 2.24) is 5.32 Å². The highest BCUT2D eigenvalue weighted by atomic mass is 16.6. The van der Waals surface area contributed by atoms with Gasteiger partial charge in [-0.15, -0.1) is 0 Å². The number of hydrogen-bond donors (Lipinski definition) is 1. The Morgan fingerprint density at radius 3 is 2.32 bits per heavy atom. The monoisotopic (exact) mass is 385 g/mol. The fraction of sp³-hybridized carbons (Fsp3) is 0.286. The van der Waals surface area contributed by atoms with Crippen molar-refractivity contribution in [3.05, 3.63) is 64.7 Å². The largest absolute Gasteiger partial charge is 0.482 e. The number of methoxy groups -OCH3 is 1. The van der Waals surface area contributed by atoms with Crippen LogP contribution in [0, 0.1) is 13.8 Å². The van der Waals surface area contributed by atoms with Crippen LogP contribution in [0.3, 0.4) is 0 Å². The van der Waals surface area contributed by atoms with E-state index in [4.69, 9.17) is 9.47 Å². The third-order valence-corrected chi connectivity index (χ3v) is 3.90. The predicted octanol–water partition coefficient (Wildman–Crippen LogP) is 2.33. The van der Waals surface area contributed by atoms with Crippen LogP contribution in [-0.2, 0) is 25.6 Å². The second-order valence-electron chi connectivity index (χ2n) is 6.18. The fourth-order valence-electron chi connectivity index (χ4n) is 2.41. The van der Waals surface area contributed by atoms with E-state index in [1.54, 1.807) is 30.3 Å². The van der Waals surface area contributed by atoms with Gasteiger partial charge in [-0.1, -0.05) is 29.8 Å². The lowest BCUT2D eigenvalue weighted by Gasteiger charge is -2.10. The Morgan fingerprint density at radius 2 is 1.68 bits per heavy atom. The molecule has 0 aliphatic carbocycles. The van der Waals surface area contributed by atoms with Gasteiger partial charge in [0.2, 0.25) is 0 Å². The summed E-state index contributed by atoms with van der Waals surface area (Å²) in [6.45, 7) is 3.44. The maximum Gasteiger partial charge on any atom is 0.344 e. The molecular formula is C21H23NO6. The SMILES string of the molecule is COC(=O)c1ccc(CNC(=O)COC(=O)COc2ccc(C)cc2C)cc1. The molecule has 0 fully saturated rings. The minimum absolute atomic E-state index is 0.247. The first kappa shape index (κ1) is 21.0. The summed E-state index contributed by atoms with van der Waals surface area (Å²) in [6.07, 6.45) is 0. The van der Waals surface area contributed by atoms with Crippen LogP contribution in [0.15, 0.2) is 42.5 Å². The number of ether oxygens (including phenoxy) is 3. The van der Waals surface area contributed by atoms with Crippen molar-refractivity contribution < 1.29 is 28.6 Å². The molecule has 7 heteroatoms. The van der Waals surface area contributed by atoms with E-state index >= 15 is 0 Å². The summed E-state index contributed by atoms with van der Waals surface area (Å²) in [5.74, 6) is -0.887. The zero-order valence-electron chi connectivity index (χ0n) is 16.1. The summed E-state index contributed by atoms with van der Waals surface area (Å²) in [4.78, 5) is 34.9. The lowest BCUT2D eigenvalue weighted by atomic mass is 10.1. The third-order valence-electron chi connectivity index (χ3n) is 3.90. The van der Waals surface area contributed by atoms with Crippen molar-refractivity contribution in [2.24, 2.45) is 0 Å². The maximum atomic E-state index is 11.8. The second-order valence-corrected chi connectivity index (χ2v) is 6.18. The molecule has 0 aliphatic rings. The van der Waals surface area contributed by atoms with E-state index in [0.29, 0.717) is 11.3 Å². The van der Waals surface area contributed by atoms with Crippen LogP contribution >= 0.6 is 0 Å². The van der Waals surface area contributed by atoms with E-state index in [-0.39, 0.29) is 13.2 Å². The van der Waals surface area contributed by atoms with Crippen molar-refractivity contribution in [3.8, 4) is 5.75 Å². The van der Waals surface area contributed by atoms with Crippen LogP contribution < -0.4 is 10.1 Å². The number of nitrogens with one attached hydrogen (secondary N) is 1. The highest BCUT2D eigenvalue weighted by Gasteiger charge is 2.10. The van der Waals surface area contributed by atoms with Crippen molar-refractivity contribution in [2.45, 2.75) is 20.4 Å². The van der Waals surface area contributed by atoms with Gasteiger partial charge in [-0.3, -0.25) is 4.79 Å². The van der Waals surface area contributed by atoms with Gasteiger partial charge < -0.3 is 19.5 Å². The van der Waals surface area contributed by atoms with Crippen LogP contribution in [0.4, 0.5) is 0 Å². The topological polar surface area (TPSA) is 90.9 Å². The minimum atomic E-state index is -0.627. The van der Waals surface area contributed by atoms with Crippen molar-refractivity contribution in [2.75, 3.05) is 20.3 Å². The molecule has 1 amide bonds. The fourth-order valence-corrected chi connectivity index (χ4v) is 2.41. The molecule has 0 bridgehead atoms. The molecule has 2 rings (SSSR count). The molecule has 0 heterocycles. The Labute approximate surface area is 163 Å². The number of carbonyl (C=O) groups is 3. The van der Waals surface area contributed by atoms with Gasteiger partial charge in [0.05, 0.1) is 12.7 Å². The Morgan fingerprint density at radius 1 is 0.964 bits per heavy atom. The quantitative estimate of drug-likeness (QED) is 0.702. The van der Waals surface area contributed by atoms with Gasteiger partial charge in [-0.05, 0) is 43.2 Å². The first-order chi connectivity index (χ1) is 13.4. The number of hydrogen-bond acceptors (Lipinski definition) is 6. The smallest absolute Gasteiger partial charge is 0.344 e. The van der Waals surface area contributed by atoms with E-state index in [1.807, 2.05) is 26.0 Å². The Hall–Kier alpha value is -3.35. The Kier molecular flexibility index (Phi) is 7.56. The number of aryl methyl sites for hydroxylation is 2. The van der Waals surface area contributed by atoms with Crippen molar-refractivity contribution in [1.29, 1.82) is 0 Å². The summed E-state index contributed by atoms with van der Waals surface area (Å²) < 4.78 is 14.9.